The van der Waals surface area contributed by atoms with Crippen LogP contribution in [0.3, 0.4) is 0 Å². The summed E-state index contributed by atoms with van der Waals surface area (Å²) in [6, 6.07) is 0. The van der Waals surface area contributed by atoms with Crippen molar-refractivity contribution in [2.24, 2.45) is 0 Å². The minimum atomic E-state index is -1.54. The fraction of sp³-hybridized carbons (Fsp3) is 0.333. The van der Waals surface area contributed by atoms with Gasteiger partial charge in [0.1, 0.15) is 10.5 Å². The van der Waals surface area contributed by atoms with Crippen molar-refractivity contribution in [1.29, 1.82) is 0 Å². The van der Waals surface area contributed by atoms with Gasteiger partial charge in [-0.15, -0.1) is 36.4 Å². The highest BCUT2D eigenvalue weighted by molar-refractivity contribution is 6.75. The molecule has 0 rings (SSSR count). The van der Waals surface area contributed by atoms with E-state index in [-0.39, 0.29) is 10.0 Å². The van der Waals surface area contributed by atoms with Gasteiger partial charge in [0.25, 0.3) is 0 Å². The Kier molecular flexibility index (Phi) is 6.27. The molecule has 0 aliphatic rings. The third kappa shape index (κ3) is 3.58. The Morgan fingerprint density at radius 1 is 1.27 bits per heavy atom. The second-order valence-electron chi connectivity index (χ2n) is 2.06. The molecule has 2 unspecified atom stereocenters. The Hall–Kier alpha value is 0.454. The second-order valence-corrected chi connectivity index (χ2v) is 8.16. The molecule has 0 aromatic carbocycles. The quantitative estimate of drug-likeness (QED) is 0.381. The molecule has 0 fully saturated rings. The monoisotopic (exact) mass is 226 g/mol. The number of hydrogen-bond acceptors (Lipinski definition) is 1. The van der Waals surface area contributed by atoms with E-state index in [9.17, 15) is 0 Å². The number of alkyl halides is 2. The number of allylic oxidation sites excluding steroid dienone is 2. The van der Waals surface area contributed by atoms with Gasteiger partial charge in [-0.05, 0) is 0 Å². The van der Waals surface area contributed by atoms with Crippen LogP contribution in [0.2, 0.25) is 0 Å². The van der Waals surface area contributed by atoms with Crippen LogP contribution in [-0.2, 0) is 4.12 Å². The highest BCUT2D eigenvalue weighted by atomic mass is 35.5. The molecule has 5 heteroatoms. The van der Waals surface area contributed by atoms with Crippen LogP contribution in [-0.4, -0.2) is 29.5 Å². The highest BCUT2D eigenvalue weighted by Gasteiger charge is 2.24. The van der Waals surface area contributed by atoms with Crippen molar-refractivity contribution in [2.45, 2.75) is 10.0 Å². The van der Waals surface area contributed by atoms with Crippen molar-refractivity contribution in [2.75, 3.05) is 0 Å². The first kappa shape index (κ1) is 11.5. The zero-order chi connectivity index (χ0) is 8.85. The zero-order valence-corrected chi connectivity index (χ0v) is 11.1. The maximum Gasteiger partial charge on any atom is 0.206 e. The Morgan fingerprint density at radius 3 is 1.82 bits per heavy atom. The first-order chi connectivity index (χ1) is 5.17. The number of halogens is 2. The van der Waals surface area contributed by atoms with Crippen LogP contribution in [0.15, 0.2) is 25.3 Å². The largest absolute Gasteiger partial charge is 0.463 e. The molecule has 0 radical (unpaired) electrons. The Balaban J connectivity index is 4.13. The van der Waals surface area contributed by atoms with Crippen molar-refractivity contribution >= 4 is 42.7 Å². The first-order valence-corrected chi connectivity index (χ1v) is 6.72. The van der Waals surface area contributed by atoms with Gasteiger partial charge in [-0.1, -0.05) is 12.2 Å². The van der Waals surface area contributed by atoms with E-state index in [0.717, 1.165) is 0 Å². The van der Waals surface area contributed by atoms with Crippen LogP contribution >= 0.6 is 23.2 Å². The second kappa shape index (κ2) is 6.02. The third-order valence-electron chi connectivity index (χ3n) is 1.35. The topological polar surface area (TPSA) is 9.23 Å². The van der Waals surface area contributed by atoms with Gasteiger partial charge in [0.2, 0.25) is 9.04 Å². The average Bonchev–Trinajstić information content (AvgIpc) is 2.05. The van der Waals surface area contributed by atoms with E-state index in [1.165, 1.54) is 0 Å². The highest BCUT2D eigenvalue weighted by Crippen LogP contribution is 2.12. The van der Waals surface area contributed by atoms with Gasteiger partial charge >= 0.3 is 0 Å². The van der Waals surface area contributed by atoms with Crippen molar-refractivity contribution in [3.63, 3.8) is 0 Å². The molecule has 64 valence electrons. The standard InChI is InChI=1S/C6H12Cl2OSi2/c1-3-5(7)11(9-10)6(8)4-2/h3-6,11H,1-2H2,10H3. The van der Waals surface area contributed by atoms with Gasteiger partial charge in [-0.25, -0.2) is 0 Å². The molecule has 0 heterocycles. The third-order valence-corrected chi connectivity index (χ3v) is 7.17. The molecule has 2 atom stereocenters. The fourth-order valence-electron chi connectivity index (χ4n) is 0.704. The van der Waals surface area contributed by atoms with E-state index in [1.807, 2.05) is 0 Å². The summed E-state index contributed by atoms with van der Waals surface area (Å²) >= 11 is 11.8. The molecular weight excluding hydrogens is 215 g/mol. The minimum Gasteiger partial charge on any atom is -0.463 e. The van der Waals surface area contributed by atoms with Crippen LogP contribution in [0, 0.1) is 0 Å². The lowest BCUT2D eigenvalue weighted by molar-refractivity contribution is 0.629. The summed E-state index contributed by atoms with van der Waals surface area (Å²) in [4.78, 5) is 0. The van der Waals surface area contributed by atoms with E-state index < -0.39 is 9.04 Å². The van der Waals surface area contributed by atoms with Crippen molar-refractivity contribution in [1.82, 2.24) is 0 Å². The molecule has 0 N–H and O–H groups in total. The van der Waals surface area contributed by atoms with Gasteiger partial charge in [-0.3, -0.25) is 0 Å². The lowest BCUT2D eigenvalue weighted by Gasteiger charge is -2.19. The lowest BCUT2D eigenvalue weighted by atomic mass is 10.7. The van der Waals surface area contributed by atoms with E-state index in [2.05, 4.69) is 13.2 Å². The number of hydrogen-bond donors (Lipinski definition) is 0. The first-order valence-electron chi connectivity index (χ1n) is 3.23. The fourth-order valence-corrected chi connectivity index (χ4v) is 6.69. The van der Waals surface area contributed by atoms with Crippen molar-refractivity contribution < 1.29 is 4.12 Å². The summed E-state index contributed by atoms with van der Waals surface area (Å²) in [6.45, 7) is 7.18. The smallest absolute Gasteiger partial charge is 0.206 e. The normalized spacial score (nSPS) is 18.7. The van der Waals surface area contributed by atoms with Crippen LogP contribution in [0.25, 0.3) is 0 Å². The molecule has 0 bridgehead atoms. The maximum absolute atomic E-state index is 5.91. The van der Waals surface area contributed by atoms with Crippen molar-refractivity contribution in [3.05, 3.63) is 25.3 Å². The summed E-state index contributed by atoms with van der Waals surface area (Å²) in [7, 11) is -0.870. The molecule has 0 amide bonds. The van der Waals surface area contributed by atoms with Crippen LogP contribution in [0.5, 0.6) is 0 Å². The SMILES string of the molecule is C=CC(Cl)[SiH](O[SiH3])C(Cl)C=C. The predicted molar refractivity (Wildman–Crippen MR) is 57.8 cm³/mol. The molecule has 0 aliphatic carbocycles. The lowest BCUT2D eigenvalue weighted by Crippen LogP contribution is -2.36. The van der Waals surface area contributed by atoms with Crippen LogP contribution in [0.1, 0.15) is 0 Å². The van der Waals surface area contributed by atoms with Gasteiger partial charge in [0.05, 0.1) is 10.0 Å². The predicted octanol–water partition coefficient (Wildman–Crippen LogP) is 0.672. The van der Waals surface area contributed by atoms with Gasteiger partial charge in [0, 0.05) is 0 Å². The van der Waals surface area contributed by atoms with E-state index in [1.54, 1.807) is 12.2 Å². The molecule has 0 aromatic heterocycles. The number of rotatable bonds is 5. The van der Waals surface area contributed by atoms with Gasteiger partial charge in [0.15, 0.2) is 0 Å². The molecule has 0 aromatic rings. The Labute approximate surface area is 82.3 Å². The molecule has 0 aliphatic heterocycles. The molecular formula is C6H12Cl2OSi2. The summed E-state index contributed by atoms with van der Waals surface area (Å²) in [5, 5.41) is -0.207. The molecule has 0 saturated heterocycles. The zero-order valence-electron chi connectivity index (χ0n) is 6.47. The van der Waals surface area contributed by atoms with E-state index in [4.69, 9.17) is 27.3 Å². The summed E-state index contributed by atoms with van der Waals surface area (Å²) in [5.74, 6) is 0. The van der Waals surface area contributed by atoms with Gasteiger partial charge < -0.3 is 4.12 Å². The summed E-state index contributed by atoms with van der Waals surface area (Å²) in [6.07, 6.45) is 3.35. The van der Waals surface area contributed by atoms with E-state index in [0.29, 0.717) is 10.5 Å². The Morgan fingerprint density at radius 2 is 1.64 bits per heavy atom. The Bertz CT molecular complexity index is 129. The van der Waals surface area contributed by atoms with E-state index >= 15 is 0 Å². The van der Waals surface area contributed by atoms with Gasteiger partial charge in [-0.2, -0.15) is 0 Å². The maximum atomic E-state index is 5.91. The average molecular weight is 227 g/mol. The summed E-state index contributed by atoms with van der Waals surface area (Å²) < 4.78 is 5.33. The minimum absolute atomic E-state index is 0.104. The van der Waals surface area contributed by atoms with Crippen LogP contribution < -0.4 is 0 Å². The molecule has 11 heavy (non-hydrogen) atoms. The molecule has 1 nitrogen and oxygen atoms in total. The van der Waals surface area contributed by atoms with Crippen LogP contribution in [0.4, 0.5) is 0 Å². The molecule has 0 saturated carbocycles. The molecule has 0 spiro atoms. The van der Waals surface area contributed by atoms with Crippen molar-refractivity contribution in [3.8, 4) is 0 Å². The summed E-state index contributed by atoms with van der Waals surface area (Å²) in [5.41, 5.74) is 0.